The first-order valence-corrected chi connectivity index (χ1v) is 50.5. The predicted molar refractivity (Wildman–Crippen MR) is 571 cm³/mol. The molecule has 0 unspecified atom stereocenters. The smallest absolute Gasteiger partial charge is 0.380 e. The van der Waals surface area contributed by atoms with Gasteiger partial charge >= 0.3 is 17.8 Å². The summed E-state index contributed by atoms with van der Waals surface area (Å²) in [6, 6.07) is 126. The highest BCUT2D eigenvalue weighted by atomic mass is 32.1. The summed E-state index contributed by atoms with van der Waals surface area (Å²) in [5, 5.41) is 0. The van der Waals surface area contributed by atoms with Crippen LogP contribution in [-0.4, -0.2) is 17.8 Å². The van der Waals surface area contributed by atoms with E-state index in [1.807, 2.05) is 340 Å². The molecule has 16 aromatic carbocycles. The second kappa shape index (κ2) is 47.3. The Morgan fingerprint density at radius 3 is 0.483 bits per heavy atom. The van der Waals surface area contributed by atoms with Crippen LogP contribution in [0.5, 0.6) is 80.5 Å². The molecule has 0 N–H and O–H groups in total. The van der Waals surface area contributed by atoms with Crippen LogP contribution >= 0.6 is 22.7 Å². The highest BCUT2D eigenvalue weighted by Crippen LogP contribution is 2.67. The highest BCUT2D eigenvalue weighted by molar-refractivity contribution is 7.16. The molecule has 1 aliphatic carbocycles. The third-order valence-electron chi connectivity index (χ3n) is 25.1. The van der Waals surface area contributed by atoms with Gasteiger partial charge in [-0.2, -0.15) is 26.3 Å². The number of ether oxygens (including phenoxy) is 14. The molecule has 752 valence electrons. The first kappa shape index (κ1) is 101. The molecule has 0 atom stereocenters. The summed E-state index contributed by atoms with van der Waals surface area (Å²) in [7, 11) is 0. The van der Waals surface area contributed by atoms with Gasteiger partial charge in [0.15, 0.2) is 0 Å². The van der Waals surface area contributed by atoms with E-state index in [-0.39, 0.29) is 71.6 Å². The van der Waals surface area contributed by atoms with Crippen molar-refractivity contribution in [1.29, 1.82) is 0 Å². The van der Waals surface area contributed by atoms with E-state index in [1.54, 1.807) is 60.7 Å². The largest absolute Gasteiger partial charge is 0.489 e. The molecule has 18 aromatic rings. The predicted octanol–water partition coefficient (Wildman–Crippen LogP) is 32.3. The number of rotatable bonds is 46. The zero-order valence-corrected chi connectivity index (χ0v) is 83.9. The van der Waals surface area contributed by atoms with Gasteiger partial charge in [0.05, 0.1) is 0 Å². The molecule has 19 rings (SSSR count). The van der Waals surface area contributed by atoms with E-state index in [9.17, 15) is 0 Å². The van der Waals surface area contributed by atoms with Crippen LogP contribution in [0.1, 0.15) is 110 Å². The summed E-state index contributed by atoms with van der Waals surface area (Å²) in [5.41, 5.74) is 9.93. The van der Waals surface area contributed by atoms with E-state index in [4.69, 9.17) is 66.3 Å². The molecule has 0 aliphatic heterocycles. The first-order valence-electron chi connectivity index (χ1n) is 48.9. The molecule has 0 spiro atoms. The topological polar surface area (TPSA) is 129 Å². The minimum absolute atomic E-state index is 0.00189. The van der Waals surface area contributed by atoms with Gasteiger partial charge in [0, 0.05) is 78.2 Å². The third kappa shape index (κ3) is 25.9. The average Bonchev–Trinajstić information content (AvgIpc) is 1.51. The molecule has 2 heterocycles. The summed E-state index contributed by atoms with van der Waals surface area (Å²) >= 11 is 2.09. The van der Waals surface area contributed by atoms with Crippen molar-refractivity contribution in [3.8, 4) is 101 Å². The molecule has 0 fully saturated rings. The molecule has 2 aromatic heterocycles. The van der Waals surface area contributed by atoms with Gasteiger partial charge in [-0.3, -0.25) is 0 Å². The fourth-order valence-corrected chi connectivity index (χ4v) is 19.9. The van der Waals surface area contributed by atoms with Crippen molar-refractivity contribution in [1.82, 2.24) is 0 Å². The summed E-state index contributed by atoms with van der Waals surface area (Å²) in [4.78, 5) is 1.10. The van der Waals surface area contributed by atoms with Crippen LogP contribution in [0.2, 0.25) is 0 Å². The van der Waals surface area contributed by atoms with Crippen molar-refractivity contribution in [2.75, 3.05) is 0 Å². The van der Waals surface area contributed by atoms with Gasteiger partial charge in [0.1, 0.15) is 173 Å². The number of thiophene rings is 2. The van der Waals surface area contributed by atoms with Gasteiger partial charge in [0.2, 0.25) is 0 Å². The molecule has 14 nitrogen and oxygen atoms in total. The van der Waals surface area contributed by atoms with Crippen molar-refractivity contribution >= 4 is 33.8 Å². The Labute approximate surface area is 870 Å². The molecular weight excluding hydrogens is 1930 g/mol. The number of allylic oxidation sites excluding steroid dienone is 2. The van der Waals surface area contributed by atoms with Gasteiger partial charge in [-0.15, -0.1) is 22.7 Å². The summed E-state index contributed by atoms with van der Waals surface area (Å²) in [6.07, 6.45) is 0. The van der Waals surface area contributed by atoms with Crippen LogP contribution < -0.4 is 66.3 Å². The van der Waals surface area contributed by atoms with Gasteiger partial charge in [-0.05, 0) is 249 Å². The van der Waals surface area contributed by atoms with Crippen LogP contribution in [-0.2, 0) is 92.5 Å². The first-order chi connectivity index (χ1) is 72.6. The van der Waals surface area contributed by atoms with E-state index >= 15 is 26.3 Å². The Bertz CT molecular complexity index is 6570. The number of benzene rings is 16. The lowest BCUT2D eigenvalue weighted by molar-refractivity contribution is -0.254. The lowest BCUT2D eigenvalue weighted by atomic mass is 9.90. The van der Waals surface area contributed by atoms with Crippen molar-refractivity contribution in [3.05, 3.63) is 510 Å². The average molecular weight is 2030 g/mol. The maximum Gasteiger partial charge on any atom is 0.380 e. The van der Waals surface area contributed by atoms with E-state index in [1.165, 1.54) is 27.7 Å². The Morgan fingerprint density at radius 1 is 0.174 bits per heavy atom. The molecule has 0 radical (unpaired) electrons. The lowest BCUT2D eigenvalue weighted by Crippen LogP contribution is -2.49. The molecule has 22 heteroatoms. The second-order valence-electron chi connectivity index (χ2n) is 36.3. The summed E-state index contributed by atoms with van der Waals surface area (Å²) < 4.78 is 193. The Kier molecular flexibility index (Phi) is 32.1. The van der Waals surface area contributed by atoms with Gasteiger partial charge in [-0.25, -0.2) is 0 Å². The SMILES string of the molecule is Cc1sc(-c2ccc(OCc3cc(OCc4cc(OCc5ccccc5)cc(OCc5ccccc5)c4)cc(OCc4cc(OCc5ccccc5)cc(OCc5ccccc5)c4)c3)cc2)c(C)c1C1=C(c2c(C)sc(-c3ccc(OCc4cc(OCc5cc(OCc6ccccc6)cc(OCc6ccccc6)c5)cc(OCc5cc(OCc6ccccc6)cc(OCc6ccccc6)c5)c4)cc3)c2C)C(F)(F)C(F)(F)C1(F)F. The molecule has 0 amide bonds. The van der Waals surface area contributed by atoms with E-state index in [2.05, 4.69) is 0 Å². The van der Waals surface area contributed by atoms with Crippen molar-refractivity contribution < 1.29 is 92.7 Å². The van der Waals surface area contributed by atoms with Gasteiger partial charge in [0.25, 0.3) is 0 Å². The Morgan fingerprint density at radius 2 is 0.322 bits per heavy atom. The third-order valence-corrected chi connectivity index (χ3v) is 27.6. The number of hydrogen-bond donors (Lipinski definition) is 0. The fourth-order valence-electron chi connectivity index (χ4n) is 17.6. The maximum absolute atomic E-state index is 17.3. The van der Waals surface area contributed by atoms with Crippen molar-refractivity contribution in [2.45, 2.75) is 138 Å². The number of alkyl halides is 6. The maximum atomic E-state index is 17.3. The number of aryl methyl sites for hydroxylation is 2. The standard InChI is InChI=1S/C127H106F6O14S2/c1-85-119(87(3)148-123(85)103-45-49-105(50-46-103)134-79-97-53-115(144-81-99-57-107(136-71-89-29-13-5-14-30-89)65-108(58-99)137-72-90-31-15-6-16-32-90)69-116(54-97)145-82-100-59-109(138-73-91-33-17-7-18-34-91)66-110(60-100)139-74-92-35-19-8-20-36-92)121-122(126(130,131)127(132,133)125(121,128)129)120-86(2)124(149-88(120)4)104-47-51-106(52-48-104)135-80-98-55-117(146-83-101-61-111(140-75-93-37-21-9-22-38-93)67-112(62-101)141-76-94-39-23-10-24-40-94)70-118(56-98)147-84-102-63-113(142-77-95-41-25-11-26-42-95)68-114(64-102)143-78-96-43-27-12-28-44-96/h5-70H,71-84H2,1-4H3. The normalized spacial score (nSPS) is 12.7. The van der Waals surface area contributed by atoms with E-state index in [0.29, 0.717) is 165 Å². The van der Waals surface area contributed by atoms with Crippen LogP contribution in [0.15, 0.2) is 400 Å². The molecule has 0 bridgehead atoms. The molecule has 0 saturated carbocycles. The van der Waals surface area contributed by atoms with Crippen molar-refractivity contribution in [3.63, 3.8) is 0 Å². The zero-order valence-electron chi connectivity index (χ0n) is 82.3. The van der Waals surface area contributed by atoms with E-state index < -0.39 is 28.9 Å². The van der Waals surface area contributed by atoms with Crippen molar-refractivity contribution in [2.24, 2.45) is 0 Å². The molecule has 1 aliphatic rings. The van der Waals surface area contributed by atoms with Crippen LogP contribution in [0.3, 0.4) is 0 Å². The number of hydrogen-bond acceptors (Lipinski definition) is 16. The quantitative estimate of drug-likeness (QED) is 0.0336. The monoisotopic (exact) mass is 2030 g/mol. The van der Waals surface area contributed by atoms with Crippen LogP contribution in [0.25, 0.3) is 32.0 Å². The molecule has 149 heavy (non-hydrogen) atoms. The van der Waals surface area contributed by atoms with Gasteiger partial charge in [-0.1, -0.05) is 243 Å². The number of halogens is 6. The summed E-state index contributed by atoms with van der Waals surface area (Å²) in [6.45, 7) is 8.88. The second-order valence-corrected chi connectivity index (χ2v) is 38.7. The Balaban J connectivity index is 0.573. The lowest BCUT2D eigenvalue weighted by Gasteiger charge is -2.26. The Hall–Kier alpha value is -16.6. The molecule has 0 saturated heterocycles. The van der Waals surface area contributed by atoms with Crippen LogP contribution in [0, 0.1) is 27.7 Å². The van der Waals surface area contributed by atoms with E-state index in [0.717, 1.165) is 89.4 Å². The summed E-state index contributed by atoms with van der Waals surface area (Å²) in [5.74, 6) is -9.26. The van der Waals surface area contributed by atoms with Gasteiger partial charge < -0.3 is 66.3 Å². The minimum Gasteiger partial charge on any atom is -0.489 e. The highest BCUT2D eigenvalue weighted by Gasteiger charge is 2.81. The fraction of sp³-hybridized carbons (Fsp3) is 0.165. The minimum atomic E-state index is -5.83. The molecular formula is C127H106F6O14S2. The zero-order chi connectivity index (χ0) is 102. The van der Waals surface area contributed by atoms with Crippen LogP contribution in [0.4, 0.5) is 26.3 Å².